The fourth-order valence-corrected chi connectivity index (χ4v) is 4.24. The van der Waals surface area contributed by atoms with Gasteiger partial charge in [-0.05, 0) is 31.6 Å². The van der Waals surface area contributed by atoms with E-state index in [9.17, 15) is 0 Å². The fraction of sp³-hybridized carbons (Fsp3) is 0.933. The predicted octanol–water partition coefficient (Wildman–Crippen LogP) is 2.90. The highest BCUT2D eigenvalue weighted by molar-refractivity contribution is 5.80. The first-order valence-corrected chi connectivity index (χ1v) is 7.94. The first kappa shape index (κ1) is 12.3. The SMILES string of the molecule is NC1=NCC(C2CCCC2)N1C1CCCCCC1. The molecule has 18 heavy (non-hydrogen) atoms. The van der Waals surface area contributed by atoms with Crippen molar-refractivity contribution in [2.45, 2.75) is 76.3 Å². The van der Waals surface area contributed by atoms with Crippen LogP contribution < -0.4 is 5.73 Å². The van der Waals surface area contributed by atoms with Gasteiger partial charge in [-0.3, -0.25) is 4.99 Å². The molecule has 3 heteroatoms. The number of hydrogen-bond donors (Lipinski definition) is 1. The van der Waals surface area contributed by atoms with Crippen LogP contribution in [0.25, 0.3) is 0 Å². The molecular weight excluding hydrogens is 222 g/mol. The molecule has 0 saturated heterocycles. The van der Waals surface area contributed by atoms with Crippen LogP contribution in [0.4, 0.5) is 0 Å². The van der Waals surface area contributed by atoms with Gasteiger partial charge in [-0.25, -0.2) is 0 Å². The summed E-state index contributed by atoms with van der Waals surface area (Å²) in [5, 5.41) is 0. The zero-order valence-corrected chi connectivity index (χ0v) is 11.5. The number of nitrogens with zero attached hydrogens (tertiary/aromatic N) is 2. The predicted molar refractivity (Wildman–Crippen MR) is 75.6 cm³/mol. The highest BCUT2D eigenvalue weighted by atomic mass is 15.3. The molecule has 2 aliphatic carbocycles. The molecule has 1 aliphatic heterocycles. The fourth-order valence-electron chi connectivity index (χ4n) is 4.24. The molecule has 0 spiro atoms. The Morgan fingerprint density at radius 3 is 2.17 bits per heavy atom. The van der Waals surface area contributed by atoms with Gasteiger partial charge in [-0.1, -0.05) is 38.5 Å². The number of nitrogens with two attached hydrogens (primary N) is 1. The largest absolute Gasteiger partial charge is 0.370 e. The highest BCUT2D eigenvalue weighted by Crippen LogP contribution is 2.35. The topological polar surface area (TPSA) is 41.6 Å². The molecule has 1 atom stereocenters. The van der Waals surface area contributed by atoms with Crippen molar-refractivity contribution >= 4 is 5.96 Å². The Hall–Kier alpha value is -0.730. The van der Waals surface area contributed by atoms with Crippen molar-refractivity contribution in [3.63, 3.8) is 0 Å². The maximum Gasteiger partial charge on any atom is 0.191 e. The van der Waals surface area contributed by atoms with Crippen molar-refractivity contribution in [1.29, 1.82) is 0 Å². The molecule has 0 radical (unpaired) electrons. The number of hydrogen-bond acceptors (Lipinski definition) is 3. The minimum atomic E-state index is 0.635. The average molecular weight is 249 g/mol. The monoisotopic (exact) mass is 249 g/mol. The maximum atomic E-state index is 6.19. The smallest absolute Gasteiger partial charge is 0.191 e. The molecular formula is C15H27N3. The normalized spacial score (nSPS) is 31.7. The van der Waals surface area contributed by atoms with E-state index in [0.717, 1.165) is 18.4 Å². The van der Waals surface area contributed by atoms with E-state index in [-0.39, 0.29) is 0 Å². The van der Waals surface area contributed by atoms with Gasteiger partial charge in [-0.2, -0.15) is 0 Å². The molecule has 0 amide bonds. The van der Waals surface area contributed by atoms with E-state index >= 15 is 0 Å². The summed E-state index contributed by atoms with van der Waals surface area (Å²) in [6.07, 6.45) is 13.9. The van der Waals surface area contributed by atoms with E-state index in [2.05, 4.69) is 9.89 Å². The third-order valence-electron chi connectivity index (χ3n) is 5.22. The van der Waals surface area contributed by atoms with Crippen molar-refractivity contribution in [3.05, 3.63) is 0 Å². The second-order valence-electron chi connectivity index (χ2n) is 6.36. The Bertz CT molecular complexity index is 299. The van der Waals surface area contributed by atoms with E-state index in [4.69, 9.17) is 5.73 Å². The number of rotatable bonds is 2. The lowest BCUT2D eigenvalue weighted by molar-refractivity contribution is 0.183. The number of aliphatic imine (C=N–C) groups is 1. The van der Waals surface area contributed by atoms with Gasteiger partial charge in [0.25, 0.3) is 0 Å². The molecule has 2 N–H and O–H groups in total. The lowest BCUT2D eigenvalue weighted by atomic mass is 9.94. The van der Waals surface area contributed by atoms with Crippen LogP contribution in [-0.2, 0) is 0 Å². The van der Waals surface area contributed by atoms with Crippen molar-refractivity contribution in [3.8, 4) is 0 Å². The third-order valence-corrected chi connectivity index (χ3v) is 5.22. The standard InChI is InChI=1S/C15H27N3/c16-15-17-11-14(12-7-5-6-8-12)18(15)13-9-3-1-2-4-10-13/h12-14H,1-11H2,(H2,16,17). The van der Waals surface area contributed by atoms with Gasteiger partial charge in [0.15, 0.2) is 5.96 Å². The van der Waals surface area contributed by atoms with Crippen LogP contribution in [0.5, 0.6) is 0 Å². The van der Waals surface area contributed by atoms with Gasteiger partial charge in [-0.15, -0.1) is 0 Å². The van der Waals surface area contributed by atoms with E-state index < -0.39 is 0 Å². The molecule has 1 heterocycles. The van der Waals surface area contributed by atoms with Crippen molar-refractivity contribution in [2.24, 2.45) is 16.6 Å². The van der Waals surface area contributed by atoms with Crippen LogP contribution in [-0.4, -0.2) is 29.5 Å². The summed E-state index contributed by atoms with van der Waals surface area (Å²) in [5.74, 6) is 1.71. The molecule has 3 aliphatic rings. The van der Waals surface area contributed by atoms with E-state index in [0.29, 0.717) is 12.1 Å². The number of guanidine groups is 1. The molecule has 2 fully saturated rings. The second kappa shape index (κ2) is 5.50. The molecule has 0 bridgehead atoms. The van der Waals surface area contributed by atoms with E-state index in [1.165, 1.54) is 64.2 Å². The Morgan fingerprint density at radius 2 is 1.50 bits per heavy atom. The molecule has 102 valence electrons. The van der Waals surface area contributed by atoms with Gasteiger partial charge >= 0.3 is 0 Å². The maximum absolute atomic E-state index is 6.19. The minimum Gasteiger partial charge on any atom is -0.370 e. The molecule has 3 nitrogen and oxygen atoms in total. The van der Waals surface area contributed by atoms with E-state index in [1.54, 1.807) is 0 Å². The summed E-state index contributed by atoms with van der Waals surface area (Å²) in [6, 6.07) is 1.32. The summed E-state index contributed by atoms with van der Waals surface area (Å²) in [6.45, 7) is 0.965. The van der Waals surface area contributed by atoms with Gasteiger partial charge < -0.3 is 10.6 Å². The summed E-state index contributed by atoms with van der Waals surface area (Å²) in [4.78, 5) is 7.10. The van der Waals surface area contributed by atoms with Gasteiger partial charge in [0.2, 0.25) is 0 Å². The Labute approximate surface area is 111 Å². The molecule has 0 aromatic heterocycles. The first-order valence-electron chi connectivity index (χ1n) is 7.94. The molecule has 0 aromatic rings. The lowest BCUT2D eigenvalue weighted by Crippen LogP contribution is -2.49. The van der Waals surface area contributed by atoms with Gasteiger partial charge in [0.1, 0.15) is 0 Å². The van der Waals surface area contributed by atoms with Crippen molar-refractivity contribution in [2.75, 3.05) is 6.54 Å². The second-order valence-corrected chi connectivity index (χ2v) is 6.36. The van der Waals surface area contributed by atoms with Crippen LogP contribution in [0.1, 0.15) is 64.2 Å². The van der Waals surface area contributed by atoms with Crippen LogP contribution in [0.3, 0.4) is 0 Å². The minimum absolute atomic E-state index is 0.635. The summed E-state index contributed by atoms with van der Waals surface area (Å²) < 4.78 is 0. The van der Waals surface area contributed by atoms with Crippen LogP contribution in [0.15, 0.2) is 4.99 Å². The summed E-state index contributed by atoms with van der Waals surface area (Å²) in [7, 11) is 0. The van der Waals surface area contributed by atoms with E-state index in [1.807, 2.05) is 0 Å². The van der Waals surface area contributed by atoms with Gasteiger partial charge in [0, 0.05) is 6.04 Å². The zero-order valence-electron chi connectivity index (χ0n) is 11.5. The molecule has 0 aromatic carbocycles. The zero-order chi connectivity index (χ0) is 12.4. The van der Waals surface area contributed by atoms with Crippen LogP contribution in [0.2, 0.25) is 0 Å². The van der Waals surface area contributed by atoms with Crippen LogP contribution in [0, 0.1) is 5.92 Å². The van der Waals surface area contributed by atoms with Crippen molar-refractivity contribution < 1.29 is 0 Å². The first-order chi connectivity index (χ1) is 8.86. The van der Waals surface area contributed by atoms with Crippen LogP contribution >= 0.6 is 0 Å². The molecule has 3 rings (SSSR count). The summed E-state index contributed by atoms with van der Waals surface area (Å²) >= 11 is 0. The van der Waals surface area contributed by atoms with Crippen molar-refractivity contribution in [1.82, 2.24) is 4.90 Å². The Balaban J connectivity index is 1.71. The highest BCUT2D eigenvalue weighted by Gasteiger charge is 2.37. The summed E-state index contributed by atoms with van der Waals surface area (Å²) in [5.41, 5.74) is 6.19. The molecule has 2 saturated carbocycles. The Morgan fingerprint density at radius 1 is 0.889 bits per heavy atom. The lowest BCUT2D eigenvalue weighted by Gasteiger charge is -2.37. The quantitative estimate of drug-likeness (QED) is 0.765. The average Bonchev–Trinajstić information content (AvgIpc) is 2.93. The Kier molecular flexibility index (Phi) is 3.76. The molecule has 1 unspecified atom stereocenters. The van der Waals surface area contributed by atoms with Gasteiger partial charge in [0.05, 0.1) is 12.6 Å². The third kappa shape index (κ3) is 2.36.